The van der Waals surface area contributed by atoms with Crippen molar-refractivity contribution < 1.29 is 0 Å². The average Bonchev–Trinajstić information content (AvgIpc) is 3.12. The van der Waals surface area contributed by atoms with Crippen LogP contribution in [0.25, 0.3) is 5.65 Å². The Morgan fingerprint density at radius 1 is 1.42 bits per heavy atom. The van der Waals surface area contributed by atoms with Crippen molar-refractivity contribution in [1.82, 2.24) is 19.6 Å². The fraction of sp³-hybridized carbons (Fsp3) is 0.267. The van der Waals surface area contributed by atoms with Gasteiger partial charge in [0, 0.05) is 31.6 Å². The summed E-state index contributed by atoms with van der Waals surface area (Å²) in [7, 11) is 1.72. The van der Waals surface area contributed by atoms with Gasteiger partial charge in [-0.2, -0.15) is 9.78 Å². The SMILES string of the molecule is CN=Cc1cnc(Nc2cc(NC3CC3)c3ncc(C#N)n3n2)s1. The van der Waals surface area contributed by atoms with Crippen molar-refractivity contribution in [2.24, 2.45) is 4.99 Å². The molecule has 1 fully saturated rings. The highest BCUT2D eigenvalue weighted by Gasteiger charge is 2.23. The van der Waals surface area contributed by atoms with Gasteiger partial charge < -0.3 is 10.6 Å². The highest BCUT2D eigenvalue weighted by atomic mass is 32.1. The number of hydrogen-bond acceptors (Lipinski definition) is 8. The summed E-state index contributed by atoms with van der Waals surface area (Å²) in [6, 6.07) is 4.48. The van der Waals surface area contributed by atoms with Crippen molar-refractivity contribution >= 4 is 39.8 Å². The number of thiazole rings is 1. The number of aromatic nitrogens is 4. The van der Waals surface area contributed by atoms with Gasteiger partial charge >= 0.3 is 0 Å². The molecule has 3 heterocycles. The number of imidazole rings is 1. The van der Waals surface area contributed by atoms with E-state index in [-0.39, 0.29) is 0 Å². The van der Waals surface area contributed by atoms with Gasteiger partial charge in [0.25, 0.3) is 0 Å². The summed E-state index contributed by atoms with van der Waals surface area (Å²) in [6.45, 7) is 0. The average molecular weight is 338 g/mol. The normalized spacial score (nSPS) is 14.2. The molecule has 0 aliphatic heterocycles. The molecule has 3 aromatic rings. The minimum Gasteiger partial charge on any atom is -0.379 e. The van der Waals surface area contributed by atoms with E-state index in [0.717, 1.165) is 23.4 Å². The van der Waals surface area contributed by atoms with Crippen molar-refractivity contribution in [3.63, 3.8) is 0 Å². The number of nitriles is 1. The van der Waals surface area contributed by atoms with E-state index in [1.165, 1.54) is 17.5 Å². The molecule has 0 amide bonds. The summed E-state index contributed by atoms with van der Waals surface area (Å²) in [5.41, 5.74) is 1.91. The van der Waals surface area contributed by atoms with Gasteiger partial charge in [-0.3, -0.25) is 4.99 Å². The molecule has 0 atom stereocenters. The molecule has 0 spiro atoms. The van der Waals surface area contributed by atoms with E-state index in [4.69, 9.17) is 0 Å². The largest absolute Gasteiger partial charge is 0.379 e. The Hall–Kier alpha value is -2.99. The summed E-state index contributed by atoms with van der Waals surface area (Å²) in [5, 5.41) is 21.0. The summed E-state index contributed by atoms with van der Waals surface area (Å²) in [5.74, 6) is 0.606. The van der Waals surface area contributed by atoms with Crippen LogP contribution in [-0.2, 0) is 0 Å². The molecular weight excluding hydrogens is 324 g/mol. The first-order chi connectivity index (χ1) is 11.8. The molecule has 0 saturated heterocycles. The van der Waals surface area contributed by atoms with Crippen molar-refractivity contribution in [3.05, 3.63) is 29.0 Å². The third kappa shape index (κ3) is 2.79. The highest BCUT2D eigenvalue weighted by molar-refractivity contribution is 7.17. The van der Waals surface area contributed by atoms with Gasteiger partial charge in [-0.1, -0.05) is 11.3 Å². The number of anilines is 3. The maximum Gasteiger partial charge on any atom is 0.188 e. The number of rotatable bonds is 5. The second-order valence-electron chi connectivity index (χ2n) is 5.43. The van der Waals surface area contributed by atoms with Gasteiger partial charge in [0.15, 0.2) is 22.3 Å². The molecule has 8 nitrogen and oxygen atoms in total. The molecule has 2 N–H and O–H groups in total. The number of nitrogens with zero attached hydrogens (tertiary/aromatic N) is 6. The van der Waals surface area contributed by atoms with Crippen LogP contribution in [0.2, 0.25) is 0 Å². The second-order valence-corrected chi connectivity index (χ2v) is 6.49. The summed E-state index contributed by atoms with van der Waals surface area (Å²) in [4.78, 5) is 13.5. The molecule has 0 aromatic carbocycles. The summed E-state index contributed by atoms with van der Waals surface area (Å²) in [6.07, 6.45) is 7.33. The summed E-state index contributed by atoms with van der Waals surface area (Å²) >= 11 is 1.48. The summed E-state index contributed by atoms with van der Waals surface area (Å²) < 4.78 is 1.55. The topological polar surface area (TPSA) is 103 Å². The van der Waals surface area contributed by atoms with E-state index in [0.29, 0.717) is 28.3 Å². The van der Waals surface area contributed by atoms with Crippen LogP contribution in [0.4, 0.5) is 16.6 Å². The number of nitrogens with one attached hydrogen (secondary N) is 2. The van der Waals surface area contributed by atoms with Crippen molar-refractivity contribution in [2.45, 2.75) is 18.9 Å². The monoisotopic (exact) mass is 338 g/mol. The highest BCUT2D eigenvalue weighted by Crippen LogP contribution is 2.29. The minimum atomic E-state index is 0.394. The molecular formula is C15H14N8S. The second kappa shape index (κ2) is 5.90. The lowest BCUT2D eigenvalue weighted by Crippen LogP contribution is -2.07. The first kappa shape index (κ1) is 14.6. The maximum absolute atomic E-state index is 9.24. The van der Waals surface area contributed by atoms with Gasteiger partial charge in [0.05, 0.1) is 16.8 Å². The lowest BCUT2D eigenvalue weighted by Gasteiger charge is -2.09. The smallest absolute Gasteiger partial charge is 0.188 e. The van der Waals surface area contributed by atoms with Crippen molar-refractivity contribution in [2.75, 3.05) is 17.7 Å². The van der Waals surface area contributed by atoms with E-state index in [9.17, 15) is 5.26 Å². The molecule has 1 saturated carbocycles. The van der Waals surface area contributed by atoms with Gasteiger partial charge in [-0.25, -0.2) is 9.97 Å². The molecule has 4 rings (SSSR count). The zero-order chi connectivity index (χ0) is 16.5. The lowest BCUT2D eigenvalue weighted by molar-refractivity contribution is 0.924. The van der Waals surface area contributed by atoms with Crippen LogP contribution in [0.15, 0.2) is 23.5 Å². The van der Waals surface area contributed by atoms with Crippen LogP contribution < -0.4 is 10.6 Å². The Kier molecular flexibility index (Phi) is 3.59. The minimum absolute atomic E-state index is 0.394. The van der Waals surface area contributed by atoms with Crippen molar-refractivity contribution in [3.8, 4) is 6.07 Å². The Labute approximate surface area is 141 Å². The van der Waals surface area contributed by atoms with Gasteiger partial charge in [0.2, 0.25) is 0 Å². The zero-order valence-corrected chi connectivity index (χ0v) is 13.7. The quantitative estimate of drug-likeness (QED) is 0.693. The van der Waals surface area contributed by atoms with Crippen LogP contribution in [0.3, 0.4) is 0 Å². The van der Waals surface area contributed by atoms with Gasteiger partial charge in [-0.05, 0) is 12.8 Å². The Morgan fingerprint density at radius 3 is 3.04 bits per heavy atom. The zero-order valence-electron chi connectivity index (χ0n) is 12.9. The molecule has 24 heavy (non-hydrogen) atoms. The molecule has 0 bridgehead atoms. The number of aliphatic imine (C=N–C) groups is 1. The third-order valence-corrected chi connectivity index (χ3v) is 4.38. The molecule has 1 aliphatic rings. The van der Waals surface area contributed by atoms with E-state index in [2.05, 4.69) is 36.8 Å². The Balaban J connectivity index is 1.72. The third-order valence-electron chi connectivity index (χ3n) is 3.53. The van der Waals surface area contributed by atoms with Gasteiger partial charge in [-0.15, -0.1) is 5.10 Å². The Morgan fingerprint density at radius 2 is 2.29 bits per heavy atom. The number of hydrogen-bond donors (Lipinski definition) is 2. The van der Waals surface area contributed by atoms with Crippen LogP contribution in [0.1, 0.15) is 23.4 Å². The Bertz CT molecular complexity index is 960. The molecule has 9 heteroatoms. The molecule has 3 aromatic heterocycles. The lowest BCUT2D eigenvalue weighted by atomic mass is 10.4. The van der Waals surface area contributed by atoms with Crippen LogP contribution in [0, 0.1) is 11.3 Å². The predicted octanol–water partition coefficient (Wildman–Crippen LogP) is 2.42. The molecule has 1 aliphatic carbocycles. The fourth-order valence-corrected chi connectivity index (χ4v) is 3.05. The van der Waals surface area contributed by atoms with E-state index in [1.807, 2.05) is 6.07 Å². The molecule has 0 unspecified atom stereocenters. The van der Waals surface area contributed by atoms with Crippen LogP contribution in [0.5, 0.6) is 0 Å². The van der Waals surface area contributed by atoms with Crippen LogP contribution in [-0.4, -0.2) is 38.9 Å². The fourth-order valence-electron chi connectivity index (χ4n) is 2.30. The maximum atomic E-state index is 9.24. The first-order valence-corrected chi connectivity index (χ1v) is 8.29. The number of fused-ring (bicyclic) bond motifs is 1. The predicted molar refractivity (Wildman–Crippen MR) is 93.3 cm³/mol. The van der Waals surface area contributed by atoms with Gasteiger partial charge in [0.1, 0.15) is 6.07 Å². The molecule has 120 valence electrons. The first-order valence-electron chi connectivity index (χ1n) is 7.47. The van der Waals surface area contributed by atoms with Crippen molar-refractivity contribution in [1.29, 1.82) is 5.26 Å². The standard InChI is InChI=1S/C15H14N8S/c1-17-7-11-8-19-15(24-11)21-13-4-12(20-9-2-3-9)14-18-6-10(5-16)23(14)22-13/h4,6-9,20H,2-3H2,1H3,(H,19,21,22). The van der Waals surface area contributed by atoms with E-state index < -0.39 is 0 Å². The van der Waals surface area contributed by atoms with Crippen LogP contribution >= 0.6 is 11.3 Å². The molecule has 0 radical (unpaired) electrons. The van der Waals surface area contributed by atoms with E-state index in [1.54, 1.807) is 24.0 Å². The van der Waals surface area contributed by atoms with E-state index >= 15 is 0 Å².